The van der Waals surface area contributed by atoms with Crippen LogP contribution in [0.3, 0.4) is 0 Å². The van der Waals surface area contributed by atoms with Crippen LogP contribution in [-0.2, 0) is 4.74 Å². The molecule has 1 fully saturated rings. The van der Waals surface area contributed by atoms with Gasteiger partial charge in [-0.05, 0) is 24.3 Å². The van der Waals surface area contributed by atoms with Crippen molar-refractivity contribution in [3.63, 3.8) is 0 Å². The molecule has 1 atom stereocenters. The van der Waals surface area contributed by atoms with Crippen molar-refractivity contribution in [2.75, 3.05) is 33.4 Å². The standard InChI is InChI=1S/C22H23N3O3/c1-27-20-7-3-4-15-8-9-19(25-21(15)20)16-5-2-6-17(12-16)22(26)24-14-18-13-23-10-11-28-18/h2-9,12,18,23H,10-11,13-14H2,1H3,(H,24,26)/t18-/m1/s1. The lowest BCUT2D eigenvalue weighted by atomic mass is 10.1. The molecule has 2 aromatic carbocycles. The van der Waals surface area contributed by atoms with Gasteiger partial charge in [0.15, 0.2) is 0 Å². The molecule has 28 heavy (non-hydrogen) atoms. The molecule has 2 N–H and O–H groups in total. The topological polar surface area (TPSA) is 72.5 Å². The van der Waals surface area contributed by atoms with Crippen molar-refractivity contribution in [1.29, 1.82) is 0 Å². The molecule has 1 saturated heterocycles. The number of para-hydroxylation sites is 1. The van der Waals surface area contributed by atoms with Crippen LogP contribution in [0.2, 0.25) is 0 Å². The maximum atomic E-state index is 12.6. The van der Waals surface area contributed by atoms with Crippen LogP contribution in [0.5, 0.6) is 5.75 Å². The van der Waals surface area contributed by atoms with Gasteiger partial charge < -0.3 is 20.1 Å². The molecule has 1 aromatic heterocycles. The number of pyridine rings is 1. The number of methoxy groups -OCH3 is 1. The number of nitrogens with zero attached hydrogens (tertiary/aromatic N) is 1. The van der Waals surface area contributed by atoms with Gasteiger partial charge in [-0.15, -0.1) is 0 Å². The minimum atomic E-state index is -0.116. The predicted octanol–water partition coefficient (Wildman–Crippen LogP) is 2.63. The Hall–Kier alpha value is -2.96. The zero-order valence-electron chi connectivity index (χ0n) is 15.8. The first-order chi connectivity index (χ1) is 13.7. The number of benzene rings is 2. The van der Waals surface area contributed by atoms with Gasteiger partial charge in [-0.3, -0.25) is 4.79 Å². The van der Waals surface area contributed by atoms with Crippen molar-refractivity contribution >= 4 is 16.8 Å². The maximum absolute atomic E-state index is 12.6. The summed E-state index contributed by atoms with van der Waals surface area (Å²) in [4.78, 5) is 17.3. The Morgan fingerprint density at radius 1 is 1.25 bits per heavy atom. The SMILES string of the molecule is COc1cccc2ccc(-c3cccc(C(=O)NC[C@H]4CNCCO4)c3)nc12. The third-order valence-corrected chi connectivity index (χ3v) is 4.82. The largest absolute Gasteiger partial charge is 0.494 e. The summed E-state index contributed by atoms with van der Waals surface area (Å²) in [7, 11) is 1.64. The molecule has 1 amide bonds. The van der Waals surface area contributed by atoms with E-state index in [-0.39, 0.29) is 12.0 Å². The van der Waals surface area contributed by atoms with E-state index >= 15 is 0 Å². The Kier molecular flexibility index (Phi) is 5.50. The molecular formula is C22H23N3O3. The Morgan fingerprint density at radius 3 is 2.96 bits per heavy atom. The number of nitrogens with one attached hydrogen (secondary N) is 2. The number of hydrogen-bond donors (Lipinski definition) is 2. The number of carbonyl (C=O) groups is 1. The van der Waals surface area contributed by atoms with E-state index in [2.05, 4.69) is 10.6 Å². The minimum absolute atomic E-state index is 0.00972. The molecular weight excluding hydrogens is 354 g/mol. The fourth-order valence-corrected chi connectivity index (χ4v) is 3.32. The smallest absolute Gasteiger partial charge is 0.251 e. The molecule has 1 aliphatic rings. The lowest BCUT2D eigenvalue weighted by Gasteiger charge is -2.23. The molecule has 0 bridgehead atoms. The fourth-order valence-electron chi connectivity index (χ4n) is 3.32. The lowest BCUT2D eigenvalue weighted by molar-refractivity contribution is 0.0287. The first-order valence-corrected chi connectivity index (χ1v) is 9.39. The number of morpholine rings is 1. The molecule has 0 saturated carbocycles. The first-order valence-electron chi connectivity index (χ1n) is 9.39. The van der Waals surface area contributed by atoms with Gasteiger partial charge in [0.1, 0.15) is 11.3 Å². The van der Waals surface area contributed by atoms with Crippen LogP contribution < -0.4 is 15.4 Å². The summed E-state index contributed by atoms with van der Waals surface area (Å²) in [6, 6.07) is 17.3. The van der Waals surface area contributed by atoms with E-state index in [1.807, 2.05) is 48.5 Å². The van der Waals surface area contributed by atoms with Gasteiger partial charge in [0.05, 0.1) is 25.5 Å². The zero-order chi connectivity index (χ0) is 19.3. The summed E-state index contributed by atoms with van der Waals surface area (Å²) in [5, 5.41) is 7.22. The Bertz CT molecular complexity index is 984. The predicted molar refractivity (Wildman–Crippen MR) is 109 cm³/mol. The monoisotopic (exact) mass is 377 g/mol. The van der Waals surface area contributed by atoms with Crippen LogP contribution in [0.4, 0.5) is 0 Å². The molecule has 1 aliphatic heterocycles. The van der Waals surface area contributed by atoms with Gasteiger partial charge in [-0.25, -0.2) is 4.98 Å². The zero-order valence-corrected chi connectivity index (χ0v) is 15.8. The number of hydrogen-bond acceptors (Lipinski definition) is 5. The average molecular weight is 377 g/mol. The number of carbonyl (C=O) groups excluding carboxylic acids is 1. The van der Waals surface area contributed by atoms with Crippen LogP contribution in [0.15, 0.2) is 54.6 Å². The van der Waals surface area contributed by atoms with E-state index in [0.29, 0.717) is 18.7 Å². The normalized spacial score (nSPS) is 16.7. The maximum Gasteiger partial charge on any atom is 0.251 e. The molecule has 4 rings (SSSR count). The Labute approximate surface area is 163 Å². The average Bonchev–Trinajstić information content (AvgIpc) is 2.77. The summed E-state index contributed by atoms with van der Waals surface area (Å²) in [5.41, 5.74) is 3.09. The van der Waals surface area contributed by atoms with Crippen molar-refractivity contribution in [3.8, 4) is 17.0 Å². The molecule has 0 aliphatic carbocycles. The van der Waals surface area contributed by atoms with Crippen molar-refractivity contribution in [2.24, 2.45) is 0 Å². The molecule has 0 radical (unpaired) electrons. The van der Waals surface area contributed by atoms with Gasteiger partial charge in [0.2, 0.25) is 0 Å². The van der Waals surface area contributed by atoms with Gasteiger partial charge in [-0.1, -0.05) is 30.3 Å². The van der Waals surface area contributed by atoms with E-state index in [1.54, 1.807) is 13.2 Å². The number of fused-ring (bicyclic) bond motifs is 1. The summed E-state index contributed by atoms with van der Waals surface area (Å²) < 4.78 is 11.0. The van der Waals surface area contributed by atoms with Crippen LogP contribution in [-0.4, -0.2) is 50.3 Å². The van der Waals surface area contributed by atoms with E-state index in [1.165, 1.54) is 0 Å². The minimum Gasteiger partial charge on any atom is -0.494 e. The molecule has 6 nitrogen and oxygen atoms in total. The third kappa shape index (κ3) is 3.98. The molecule has 0 unspecified atom stereocenters. The quantitative estimate of drug-likeness (QED) is 0.715. The molecule has 2 heterocycles. The highest BCUT2D eigenvalue weighted by atomic mass is 16.5. The van der Waals surface area contributed by atoms with Crippen LogP contribution in [0.25, 0.3) is 22.2 Å². The second-order valence-corrected chi connectivity index (χ2v) is 6.72. The summed E-state index contributed by atoms with van der Waals surface area (Å²) in [5.74, 6) is 0.615. The number of ether oxygens (including phenoxy) is 2. The Morgan fingerprint density at radius 2 is 2.14 bits per heavy atom. The molecule has 3 aromatic rings. The lowest BCUT2D eigenvalue weighted by Crippen LogP contribution is -2.45. The van der Waals surface area contributed by atoms with E-state index in [0.717, 1.165) is 41.0 Å². The van der Waals surface area contributed by atoms with Gasteiger partial charge in [-0.2, -0.15) is 0 Å². The fraction of sp³-hybridized carbons (Fsp3) is 0.273. The van der Waals surface area contributed by atoms with Gasteiger partial charge >= 0.3 is 0 Å². The summed E-state index contributed by atoms with van der Waals surface area (Å²) in [6.45, 7) is 2.77. The molecule has 0 spiro atoms. The number of aromatic nitrogens is 1. The summed E-state index contributed by atoms with van der Waals surface area (Å²) in [6.07, 6.45) is 0.00972. The highest BCUT2D eigenvalue weighted by Crippen LogP contribution is 2.27. The van der Waals surface area contributed by atoms with Crippen molar-refractivity contribution in [1.82, 2.24) is 15.6 Å². The molecule has 144 valence electrons. The highest BCUT2D eigenvalue weighted by Gasteiger charge is 2.15. The van der Waals surface area contributed by atoms with Gasteiger partial charge in [0, 0.05) is 36.1 Å². The van der Waals surface area contributed by atoms with Crippen LogP contribution in [0.1, 0.15) is 10.4 Å². The second-order valence-electron chi connectivity index (χ2n) is 6.72. The van der Waals surface area contributed by atoms with E-state index in [9.17, 15) is 4.79 Å². The van der Waals surface area contributed by atoms with Crippen molar-refractivity contribution in [2.45, 2.75) is 6.10 Å². The van der Waals surface area contributed by atoms with E-state index in [4.69, 9.17) is 14.5 Å². The second kappa shape index (κ2) is 8.37. The van der Waals surface area contributed by atoms with Crippen molar-refractivity contribution < 1.29 is 14.3 Å². The van der Waals surface area contributed by atoms with Gasteiger partial charge in [0.25, 0.3) is 5.91 Å². The van der Waals surface area contributed by atoms with Crippen LogP contribution >= 0.6 is 0 Å². The van der Waals surface area contributed by atoms with E-state index < -0.39 is 0 Å². The molecule has 6 heteroatoms. The number of rotatable bonds is 5. The van der Waals surface area contributed by atoms with Crippen LogP contribution in [0, 0.1) is 0 Å². The summed E-state index contributed by atoms with van der Waals surface area (Å²) >= 11 is 0. The Balaban J connectivity index is 1.54. The van der Waals surface area contributed by atoms with Crippen molar-refractivity contribution in [3.05, 3.63) is 60.2 Å². The number of amides is 1. The highest BCUT2D eigenvalue weighted by molar-refractivity contribution is 5.95. The first kappa shape index (κ1) is 18.4. The third-order valence-electron chi connectivity index (χ3n) is 4.82.